The highest BCUT2D eigenvalue weighted by atomic mass is 19.3. The van der Waals surface area contributed by atoms with Crippen LogP contribution < -0.4 is 11.0 Å². The molecule has 3 saturated heterocycles. The molecular formula is C26H33F2N5O5. The number of carbonyl (C=O) groups excluding carboxylic acids is 3. The third-order valence-electron chi connectivity index (χ3n) is 7.66. The van der Waals surface area contributed by atoms with Crippen molar-refractivity contribution < 1.29 is 27.9 Å². The van der Waals surface area contributed by atoms with E-state index in [9.17, 15) is 19.2 Å². The quantitative estimate of drug-likeness (QED) is 0.608. The lowest BCUT2D eigenvalue weighted by atomic mass is 9.86. The van der Waals surface area contributed by atoms with Gasteiger partial charge in [-0.2, -0.15) is 0 Å². The average Bonchev–Trinajstić information content (AvgIpc) is 3.03. The first kappa shape index (κ1) is 26.3. The van der Waals surface area contributed by atoms with Crippen LogP contribution in [-0.2, 0) is 21.4 Å². The van der Waals surface area contributed by atoms with Crippen LogP contribution in [0.1, 0.15) is 57.6 Å². The second kappa shape index (κ2) is 9.18. The monoisotopic (exact) mass is 533 g/mol. The van der Waals surface area contributed by atoms with Crippen LogP contribution in [0.5, 0.6) is 0 Å². The molecule has 38 heavy (non-hydrogen) atoms. The Hall–Kier alpha value is -3.28. The molecule has 12 heteroatoms. The molecule has 0 radical (unpaired) electrons. The van der Waals surface area contributed by atoms with E-state index in [0.717, 1.165) is 10.5 Å². The summed E-state index contributed by atoms with van der Waals surface area (Å²) in [6.45, 7) is 5.39. The summed E-state index contributed by atoms with van der Waals surface area (Å²) in [4.78, 5) is 52.4. The lowest BCUT2D eigenvalue weighted by Crippen LogP contribution is -2.64. The zero-order valence-electron chi connectivity index (χ0n) is 22.0. The predicted molar refractivity (Wildman–Crippen MR) is 134 cm³/mol. The molecule has 2 aromatic rings. The molecule has 0 saturated carbocycles. The number of fused-ring (bicyclic) bond motifs is 1. The van der Waals surface area contributed by atoms with Gasteiger partial charge in [0.05, 0.1) is 23.6 Å². The van der Waals surface area contributed by atoms with Gasteiger partial charge in [0.25, 0.3) is 5.92 Å². The second-order valence-electron chi connectivity index (χ2n) is 11.5. The van der Waals surface area contributed by atoms with E-state index in [1.165, 1.54) is 9.13 Å². The minimum Gasteiger partial charge on any atom is -0.444 e. The van der Waals surface area contributed by atoms with E-state index in [1.807, 2.05) is 6.07 Å². The molecule has 2 unspecified atom stereocenters. The van der Waals surface area contributed by atoms with Crippen molar-refractivity contribution in [2.24, 2.45) is 7.05 Å². The molecule has 5 rings (SSSR count). The molecule has 3 aliphatic rings. The number of halogens is 2. The number of aromatic nitrogens is 2. The summed E-state index contributed by atoms with van der Waals surface area (Å²) in [5, 5.41) is 2.30. The van der Waals surface area contributed by atoms with Gasteiger partial charge in [-0.1, -0.05) is 12.1 Å². The molecule has 10 nitrogen and oxygen atoms in total. The van der Waals surface area contributed by atoms with Crippen molar-refractivity contribution in [3.8, 4) is 0 Å². The van der Waals surface area contributed by atoms with Crippen LogP contribution in [0.25, 0.3) is 11.0 Å². The number of carbonyl (C=O) groups is 3. The molecule has 2 atom stereocenters. The number of hydrogen-bond donors (Lipinski definition) is 1. The number of alkyl halides is 2. The summed E-state index contributed by atoms with van der Waals surface area (Å²) in [5.41, 5.74) is 0.988. The van der Waals surface area contributed by atoms with Gasteiger partial charge in [0.2, 0.25) is 11.8 Å². The van der Waals surface area contributed by atoms with Gasteiger partial charge in [-0.3, -0.25) is 28.9 Å². The molecule has 0 spiro atoms. The largest absolute Gasteiger partial charge is 0.444 e. The van der Waals surface area contributed by atoms with Crippen molar-refractivity contribution >= 4 is 28.9 Å². The number of para-hydroxylation sites is 1. The highest BCUT2D eigenvalue weighted by Crippen LogP contribution is 2.40. The summed E-state index contributed by atoms with van der Waals surface area (Å²) < 4.78 is 38.5. The number of rotatable bonds is 3. The van der Waals surface area contributed by atoms with Gasteiger partial charge < -0.3 is 9.64 Å². The predicted octanol–water partition coefficient (Wildman–Crippen LogP) is 2.36. The van der Waals surface area contributed by atoms with Crippen LogP contribution in [0.15, 0.2) is 23.0 Å². The Kier molecular flexibility index (Phi) is 6.36. The third-order valence-corrected chi connectivity index (χ3v) is 7.66. The Labute approximate surface area is 218 Å². The topological polar surface area (TPSA) is 106 Å². The van der Waals surface area contributed by atoms with E-state index >= 15 is 8.78 Å². The van der Waals surface area contributed by atoms with Crippen LogP contribution in [-0.4, -0.2) is 80.6 Å². The molecule has 206 valence electrons. The Balaban J connectivity index is 1.33. The highest BCUT2D eigenvalue weighted by Gasteiger charge is 2.52. The normalized spacial score (nSPS) is 24.8. The summed E-state index contributed by atoms with van der Waals surface area (Å²) in [7, 11) is 1.63. The van der Waals surface area contributed by atoms with Crippen molar-refractivity contribution in [1.82, 2.24) is 24.3 Å². The van der Waals surface area contributed by atoms with Gasteiger partial charge in [0.1, 0.15) is 11.6 Å². The third kappa shape index (κ3) is 4.59. The minimum atomic E-state index is -3.09. The maximum atomic E-state index is 15.2. The van der Waals surface area contributed by atoms with Crippen molar-refractivity contribution in [3.63, 3.8) is 0 Å². The maximum Gasteiger partial charge on any atom is 0.410 e. The first-order valence-corrected chi connectivity index (χ1v) is 12.9. The van der Waals surface area contributed by atoms with Crippen molar-refractivity contribution in [1.29, 1.82) is 0 Å². The number of amides is 3. The minimum absolute atomic E-state index is 0.0680. The smallest absolute Gasteiger partial charge is 0.410 e. The number of nitrogens with zero attached hydrogens (tertiary/aromatic N) is 4. The van der Waals surface area contributed by atoms with Crippen molar-refractivity contribution in [2.45, 2.75) is 69.6 Å². The van der Waals surface area contributed by atoms with Crippen LogP contribution in [0, 0.1) is 0 Å². The highest BCUT2D eigenvalue weighted by molar-refractivity contribution is 6.00. The molecule has 3 aliphatic heterocycles. The molecule has 0 aliphatic carbocycles. The fourth-order valence-corrected chi connectivity index (χ4v) is 5.85. The van der Waals surface area contributed by atoms with Crippen LogP contribution in [0.2, 0.25) is 0 Å². The number of imide groups is 1. The fourth-order valence-electron chi connectivity index (χ4n) is 5.85. The number of ether oxygens (including phenoxy) is 1. The summed E-state index contributed by atoms with van der Waals surface area (Å²) >= 11 is 0. The number of likely N-dealkylation sites (tertiary alicyclic amines) is 2. The zero-order valence-corrected chi connectivity index (χ0v) is 22.0. The first-order chi connectivity index (χ1) is 17.8. The van der Waals surface area contributed by atoms with Crippen LogP contribution in [0.3, 0.4) is 0 Å². The molecule has 4 heterocycles. The van der Waals surface area contributed by atoms with Gasteiger partial charge >= 0.3 is 11.8 Å². The number of benzene rings is 1. The van der Waals surface area contributed by atoms with Crippen molar-refractivity contribution in [2.75, 3.05) is 26.2 Å². The number of hydrogen-bond acceptors (Lipinski definition) is 6. The summed E-state index contributed by atoms with van der Waals surface area (Å²) in [6, 6.07) is 3.68. The standard InChI is InChI=1S/C26H33F2N5O5/c1-25(2,3)38-24(37)31-11-10-19(26(27,28)14-31)32-12-15(13-32)16-6-5-7-17-21(16)30(4)23(36)33(17)18-8-9-20(34)29-22(18)35/h5-7,15,18-19H,8-14H2,1-4H3,(H,29,34,35). The fraction of sp³-hybridized carbons (Fsp3) is 0.615. The molecular weight excluding hydrogens is 500 g/mol. The van der Waals surface area contributed by atoms with E-state index in [1.54, 1.807) is 44.9 Å². The molecule has 3 fully saturated rings. The first-order valence-electron chi connectivity index (χ1n) is 12.9. The van der Waals surface area contributed by atoms with E-state index < -0.39 is 42.2 Å². The van der Waals surface area contributed by atoms with E-state index in [2.05, 4.69) is 5.32 Å². The van der Waals surface area contributed by atoms with E-state index in [4.69, 9.17) is 4.74 Å². The van der Waals surface area contributed by atoms with Gasteiger partial charge in [-0.15, -0.1) is 0 Å². The number of nitrogens with one attached hydrogen (secondary N) is 1. The second-order valence-corrected chi connectivity index (χ2v) is 11.5. The Morgan fingerprint density at radius 3 is 2.47 bits per heavy atom. The molecule has 3 amide bonds. The molecule has 1 aromatic carbocycles. The maximum absolute atomic E-state index is 15.2. The lowest BCUT2D eigenvalue weighted by Gasteiger charge is -2.50. The number of imidazole rings is 1. The summed E-state index contributed by atoms with van der Waals surface area (Å²) in [6.07, 6.45) is -0.210. The van der Waals surface area contributed by atoms with Crippen molar-refractivity contribution in [3.05, 3.63) is 34.2 Å². The number of piperidine rings is 2. The molecule has 1 aromatic heterocycles. The Morgan fingerprint density at radius 1 is 1.13 bits per heavy atom. The Morgan fingerprint density at radius 2 is 1.84 bits per heavy atom. The van der Waals surface area contributed by atoms with Crippen LogP contribution >= 0.6 is 0 Å². The number of aryl methyl sites for hydroxylation is 1. The lowest BCUT2D eigenvalue weighted by molar-refractivity contribution is -0.140. The Bertz CT molecular complexity index is 1350. The molecule has 0 bridgehead atoms. The van der Waals surface area contributed by atoms with E-state index in [-0.39, 0.29) is 43.3 Å². The van der Waals surface area contributed by atoms with Gasteiger partial charge in [0, 0.05) is 39.0 Å². The molecule has 1 N–H and O–H groups in total. The SMILES string of the molecule is Cn1c(=O)n(C2CCC(=O)NC2=O)c2cccc(C3CN(C4CCN(C(=O)OC(C)(C)C)CC4(F)F)C3)c21. The van der Waals surface area contributed by atoms with E-state index in [0.29, 0.717) is 24.1 Å². The van der Waals surface area contributed by atoms with Gasteiger partial charge in [-0.25, -0.2) is 18.4 Å². The van der Waals surface area contributed by atoms with Gasteiger partial charge in [0.15, 0.2) is 0 Å². The zero-order chi connectivity index (χ0) is 27.6. The summed E-state index contributed by atoms with van der Waals surface area (Å²) in [5.74, 6) is -4.02. The van der Waals surface area contributed by atoms with Gasteiger partial charge in [-0.05, 0) is 45.2 Å². The van der Waals surface area contributed by atoms with Crippen LogP contribution in [0.4, 0.5) is 13.6 Å². The average molecular weight is 534 g/mol.